The third-order valence-corrected chi connectivity index (χ3v) is 6.27. The lowest BCUT2D eigenvalue weighted by Crippen LogP contribution is -2.25. The highest BCUT2D eigenvalue weighted by molar-refractivity contribution is 7.89. The van der Waals surface area contributed by atoms with E-state index < -0.39 is 28.5 Å². The third kappa shape index (κ3) is 7.63. The van der Waals surface area contributed by atoms with Crippen LogP contribution in [0.25, 0.3) is 0 Å². The molecular formula is C21H24ClN3O6S. The van der Waals surface area contributed by atoms with Gasteiger partial charge in [-0.1, -0.05) is 17.7 Å². The second-order valence-corrected chi connectivity index (χ2v) is 9.48. The van der Waals surface area contributed by atoms with Crippen molar-refractivity contribution in [3.05, 3.63) is 59.1 Å². The van der Waals surface area contributed by atoms with Crippen LogP contribution < -0.4 is 10.6 Å². The summed E-state index contributed by atoms with van der Waals surface area (Å²) in [5.74, 6) is -1.48. The van der Waals surface area contributed by atoms with Crippen molar-refractivity contribution >= 4 is 45.1 Å². The lowest BCUT2D eigenvalue weighted by Gasteiger charge is -2.12. The molecule has 2 aromatic carbocycles. The van der Waals surface area contributed by atoms with E-state index in [9.17, 15) is 22.8 Å². The van der Waals surface area contributed by atoms with E-state index in [-0.39, 0.29) is 29.5 Å². The molecular weight excluding hydrogens is 458 g/mol. The Kier molecular flexibility index (Phi) is 9.18. The molecule has 0 fully saturated rings. The number of benzene rings is 2. The molecule has 0 radical (unpaired) electrons. The fourth-order valence-electron chi connectivity index (χ4n) is 2.50. The molecule has 0 unspecified atom stereocenters. The Balaban J connectivity index is 1.71. The molecule has 0 saturated carbocycles. The Morgan fingerprint density at radius 3 is 2.41 bits per heavy atom. The van der Waals surface area contributed by atoms with Gasteiger partial charge in [-0.3, -0.25) is 14.4 Å². The molecule has 0 aliphatic carbocycles. The molecule has 2 aromatic rings. The Labute approximate surface area is 191 Å². The molecule has 0 aliphatic rings. The number of sulfonamides is 1. The Morgan fingerprint density at radius 1 is 1.06 bits per heavy atom. The van der Waals surface area contributed by atoms with Gasteiger partial charge in [0.2, 0.25) is 10.0 Å². The van der Waals surface area contributed by atoms with Crippen molar-refractivity contribution in [1.29, 1.82) is 0 Å². The standard InChI is InChI=1S/C21H24ClN3O6S/c1-25(2)32(29,30)18-6-3-5-17(13-18)24-19(26)14-31-20(27)7-4-12-23-21(28)15-8-10-16(22)11-9-15/h3,5-6,8-11,13H,4,7,12,14H2,1-2H3,(H,23,28)(H,24,26). The lowest BCUT2D eigenvalue weighted by atomic mass is 10.2. The van der Waals surface area contributed by atoms with Crippen molar-refractivity contribution in [2.75, 3.05) is 32.6 Å². The van der Waals surface area contributed by atoms with Gasteiger partial charge in [-0.05, 0) is 48.9 Å². The Bertz CT molecular complexity index is 1070. The second kappa shape index (κ2) is 11.6. The number of nitrogens with one attached hydrogen (secondary N) is 2. The van der Waals surface area contributed by atoms with Crippen molar-refractivity contribution in [3.8, 4) is 0 Å². The van der Waals surface area contributed by atoms with Crippen molar-refractivity contribution in [3.63, 3.8) is 0 Å². The summed E-state index contributed by atoms with van der Waals surface area (Å²) in [7, 11) is -0.827. The molecule has 0 aromatic heterocycles. The summed E-state index contributed by atoms with van der Waals surface area (Å²) in [6, 6.07) is 12.2. The molecule has 2 rings (SSSR count). The van der Waals surface area contributed by atoms with Gasteiger partial charge in [-0.25, -0.2) is 12.7 Å². The summed E-state index contributed by atoms with van der Waals surface area (Å²) in [6.45, 7) is -0.253. The van der Waals surface area contributed by atoms with Gasteiger partial charge in [0.15, 0.2) is 6.61 Å². The maximum Gasteiger partial charge on any atom is 0.306 e. The van der Waals surface area contributed by atoms with Gasteiger partial charge in [0, 0.05) is 43.3 Å². The molecule has 2 amide bonds. The van der Waals surface area contributed by atoms with E-state index in [1.807, 2.05) is 0 Å². The first-order valence-corrected chi connectivity index (χ1v) is 11.4. The molecule has 0 spiro atoms. The van der Waals surface area contributed by atoms with Crippen LogP contribution in [0.4, 0.5) is 5.69 Å². The minimum Gasteiger partial charge on any atom is -0.456 e. The molecule has 0 bridgehead atoms. The van der Waals surface area contributed by atoms with E-state index in [0.29, 0.717) is 17.0 Å². The molecule has 0 heterocycles. The van der Waals surface area contributed by atoms with Crippen molar-refractivity contribution in [2.45, 2.75) is 17.7 Å². The van der Waals surface area contributed by atoms with E-state index in [4.69, 9.17) is 16.3 Å². The number of esters is 1. The normalized spacial score (nSPS) is 11.1. The number of anilines is 1. The van der Waals surface area contributed by atoms with E-state index in [0.717, 1.165) is 4.31 Å². The average Bonchev–Trinajstić information content (AvgIpc) is 2.75. The fraction of sp³-hybridized carbons (Fsp3) is 0.286. The van der Waals surface area contributed by atoms with Gasteiger partial charge >= 0.3 is 5.97 Å². The van der Waals surface area contributed by atoms with Crippen LogP contribution in [0, 0.1) is 0 Å². The quantitative estimate of drug-likeness (QED) is 0.396. The average molecular weight is 482 g/mol. The van der Waals surface area contributed by atoms with Crippen LogP contribution in [0.2, 0.25) is 5.02 Å². The van der Waals surface area contributed by atoms with Gasteiger partial charge in [-0.15, -0.1) is 0 Å². The molecule has 2 N–H and O–H groups in total. The van der Waals surface area contributed by atoms with E-state index in [2.05, 4.69) is 10.6 Å². The molecule has 0 atom stereocenters. The molecule has 32 heavy (non-hydrogen) atoms. The predicted octanol–water partition coefficient (Wildman–Crippen LogP) is 2.28. The summed E-state index contributed by atoms with van der Waals surface area (Å²) in [5, 5.41) is 5.69. The zero-order valence-corrected chi connectivity index (χ0v) is 19.2. The molecule has 0 saturated heterocycles. The summed E-state index contributed by atoms with van der Waals surface area (Å²) in [5.41, 5.74) is 0.718. The van der Waals surface area contributed by atoms with Crippen LogP contribution in [-0.4, -0.2) is 57.8 Å². The van der Waals surface area contributed by atoms with E-state index in [1.165, 1.54) is 38.4 Å². The molecule has 0 aliphatic heterocycles. The van der Waals surface area contributed by atoms with Crippen LogP contribution in [-0.2, 0) is 24.3 Å². The van der Waals surface area contributed by atoms with Gasteiger partial charge in [0.1, 0.15) is 0 Å². The summed E-state index contributed by atoms with van der Waals surface area (Å²) in [6.07, 6.45) is 0.356. The van der Waals surface area contributed by atoms with Crippen molar-refractivity contribution in [2.24, 2.45) is 0 Å². The fourth-order valence-corrected chi connectivity index (χ4v) is 3.57. The van der Waals surface area contributed by atoms with Crippen LogP contribution in [0.5, 0.6) is 0 Å². The van der Waals surface area contributed by atoms with E-state index in [1.54, 1.807) is 24.3 Å². The van der Waals surface area contributed by atoms with Gasteiger partial charge in [0.25, 0.3) is 11.8 Å². The number of halogens is 1. The molecule has 172 valence electrons. The van der Waals surface area contributed by atoms with Gasteiger partial charge < -0.3 is 15.4 Å². The summed E-state index contributed by atoms with van der Waals surface area (Å²) >= 11 is 5.77. The first-order valence-electron chi connectivity index (χ1n) is 9.61. The first kappa shape index (κ1) is 25.3. The highest BCUT2D eigenvalue weighted by Crippen LogP contribution is 2.18. The van der Waals surface area contributed by atoms with Crippen molar-refractivity contribution in [1.82, 2.24) is 9.62 Å². The highest BCUT2D eigenvalue weighted by Gasteiger charge is 2.18. The second-order valence-electron chi connectivity index (χ2n) is 6.89. The number of nitrogens with zero attached hydrogens (tertiary/aromatic N) is 1. The maximum absolute atomic E-state index is 12.2. The number of amides is 2. The highest BCUT2D eigenvalue weighted by atomic mass is 35.5. The van der Waals surface area contributed by atoms with Crippen LogP contribution in [0.1, 0.15) is 23.2 Å². The Hall–Kier alpha value is -2.95. The number of carbonyl (C=O) groups is 3. The number of ether oxygens (including phenoxy) is 1. The third-order valence-electron chi connectivity index (χ3n) is 4.21. The molecule has 11 heteroatoms. The summed E-state index contributed by atoms with van der Waals surface area (Å²) < 4.78 is 30.3. The monoisotopic (exact) mass is 481 g/mol. The largest absolute Gasteiger partial charge is 0.456 e. The minimum atomic E-state index is -3.64. The smallest absolute Gasteiger partial charge is 0.306 e. The first-order chi connectivity index (χ1) is 15.1. The number of hydrogen-bond donors (Lipinski definition) is 2. The van der Waals surface area contributed by atoms with Crippen LogP contribution >= 0.6 is 11.6 Å². The van der Waals surface area contributed by atoms with Crippen LogP contribution in [0.15, 0.2) is 53.4 Å². The molecule has 9 nitrogen and oxygen atoms in total. The minimum absolute atomic E-state index is 0.0186. The van der Waals surface area contributed by atoms with Gasteiger partial charge in [0.05, 0.1) is 4.90 Å². The zero-order chi connectivity index (χ0) is 23.7. The lowest BCUT2D eigenvalue weighted by molar-refractivity contribution is -0.147. The topological polar surface area (TPSA) is 122 Å². The SMILES string of the molecule is CN(C)S(=O)(=O)c1cccc(NC(=O)COC(=O)CCCNC(=O)c2ccc(Cl)cc2)c1. The predicted molar refractivity (Wildman–Crippen MR) is 120 cm³/mol. The maximum atomic E-state index is 12.2. The number of carbonyl (C=O) groups excluding carboxylic acids is 3. The zero-order valence-electron chi connectivity index (χ0n) is 17.6. The van der Waals surface area contributed by atoms with Gasteiger partial charge in [-0.2, -0.15) is 0 Å². The van der Waals surface area contributed by atoms with Crippen molar-refractivity contribution < 1.29 is 27.5 Å². The Morgan fingerprint density at radius 2 is 1.75 bits per heavy atom. The number of hydrogen-bond acceptors (Lipinski definition) is 6. The number of rotatable bonds is 10. The van der Waals surface area contributed by atoms with E-state index >= 15 is 0 Å². The van der Waals surface area contributed by atoms with Crippen LogP contribution in [0.3, 0.4) is 0 Å². The summed E-state index contributed by atoms with van der Waals surface area (Å²) in [4.78, 5) is 35.8.